The number of amides is 1. The molecule has 1 atom stereocenters. The molecule has 5 heteroatoms. The summed E-state index contributed by atoms with van der Waals surface area (Å²) in [5.74, 6) is 7.69. The fourth-order valence-electron chi connectivity index (χ4n) is 2.50. The monoisotopic (exact) mass is 342 g/mol. The van der Waals surface area contributed by atoms with E-state index in [4.69, 9.17) is 9.47 Å². The third kappa shape index (κ3) is 4.88. The molecule has 2 heterocycles. The van der Waals surface area contributed by atoms with Crippen LogP contribution in [0.3, 0.4) is 0 Å². The van der Waals surface area contributed by atoms with Crippen molar-refractivity contribution < 1.29 is 14.3 Å². The molecule has 25 heavy (non-hydrogen) atoms. The summed E-state index contributed by atoms with van der Waals surface area (Å²) in [6.45, 7) is 8.70. The van der Waals surface area contributed by atoms with E-state index in [0.717, 1.165) is 23.4 Å². The van der Waals surface area contributed by atoms with Crippen LogP contribution in [0.15, 0.2) is 12.3 Å². The summed E-state index contributed by atoms with van der Waals surface area (Å²) in [5.41, 5.74) is 1.23. The molecule has 134 valence electrons. The minimum absolute atomic E-state index is 0.0513. The van der Waals surface area contributed by atoms with Crippen LogP contribution in [0, 0.1) is 24.7 Å². The molecule has 3 rings (SSSR count). The van der Waals surface area contributed by atoms with Gasteiger partial charge in [0.15, 0.2) is 0 Å². The van der Waals surface area contributed by atoms with E-state index in [-0.39, 0.29) is 12.1 Å². The molecule has 5 nitrogen and oxygen atoms in total. The van der Waals surface area contributed by atoms with Crippen LogP contribution >= 0.6 is 0 Å². The molecule has 0 N–H and O–H groups in total. The van der Waals surface area contributed by atoms with Crippen molar-refractivity contribution in [3.05, 3.63) is 23.5 Å². The van der Waals surface area contributed by atoms with Crippen molar-refractivity contribution in [3.8, 4) is 17.6 Å². The fourth-order valence-corrected chi connectivity index (χ4v) is 2.50. The van der Waals surface area contributed by atoms with Gasteiger partial charge in [0.2, 0.25) is 0 Å². The van der Waals surface area contributed by atoms with Crippen LogP contribution in [0.25, 0.3) is 0 Å². The molecule has 1 amide bonds. The Hall–Kier alpha value is -2.22. The first-order valence-corrected chi connectivity index (χ1v) is 8.92. The van der Waals surface area contributed by atoms with Crippen LogP contribution in [0.2, 0.25) is 0 Å². The average Bonchev–Trinajstić information content (AvgIpc) is 3.28. The van der Waals surface area contributed by atoms with Crippen LogP contribution in [0.5, 0.6) is 5.75 Å². The van der Waals surface area contributed by atoms with Gasteiger partial charge in [-0.15, -0.1) is 0 Å². The molecular weight excluding hydrogens is 316 g/mol. The van der Waals surface area contributed by atoms with Gasteiger partial charge in [-0.05, 0) is 53.0 Å². The number of pyridine rings is 1. The Bertz CT molecular complexity index is 708. The Balaban J connectivity index is 1.57. The van der Waals surface area contributed by atoms with Gasteiger partial charge < -0.3 is 14.4 Å². The topological polar surface area (TPSA) is 51.7 Å². The summed E-state index contributed by atoms with van der Waals surface area (Å²) in [4.78, 5) is 18.3. The Labute approximate surface area is 149 Å². The lowest BCUT2D eigenvalue weighted by Crippen LogP contribution is -2.55. The number of carbonyl (C=O) groups is 1. The highest BCUT2D eigenvalue weighted by Gasteiger charge is 2.35. The molecule has 1 aliphatic heterocycles. The minimum atomic E-state index is -0.479. The Kier molecular flexibility index (Phi) is 4.89. The molecule has 1 saturated carbocycles. The fraction of sp³-hybridized carbons (Fsp3) is 0.600. The van der Waals surface area contributed by atoms with E-state index in [1.165, 1.54) is 12.8 Å². The van der Waals surface area contributed by atoms with Crippen molar-refractivity contribution in [3.63, 3.8) is 0 Å². The van der Waals surface area contributed by atoms with Crippen LogP contribution in [0.4, 0.5) is 4.79 Å². The minimum Gasteiger partial charge on any atom is -0.489 e. The van der Waals surface area contributed by atoms with Gasteiger partial charge >= 0.3 is 6.09 Å². The van der Waals surface area contributed by atoms with E-state index >= 15 is 0 Å². The van der Waals surface area contributed by atoms with Gasteiger partial charge in [-0.25, -0.2) is 4.79 Å². The molecule has 1 saturated heterocycles. The molecule has 0 aromatic carbocycles. The largest absolute Gasteiger partial charge is 0.489 e. The average molecular weight is 342 g/mol. The number of likely N-dealkylation sites (tertiary alicyclic amines) is 1. The van der Waals surface area contributed by atoms with Crippen molar-refractivity contribution in [1.82, 2.24) is 9.88 Å². The lowest BCUT2D eigenvalue weighted by Gasteiger charge is -2.41. The van der Waals surface area contributed by atoms with Crippen molar-refractivity contribution in [2.24, 2.45) is 5.92 Å². The van der Waals surface area contributed by atoms with Crippen LogP contribution in [0.1, 0.15) is 51.3 Å². The highest BCUT2D eigenvalue weighted by atomic mass is 16.6. The van der Waals surface area contributed by atoms with Crippen LogP contribution in [-0.2, 0) is 4.74 Å². The zero-order chi connectivity index (χ0) is 18.0. The quantitative estimate of drug-likeness (QED) is 0.789. The predicted molar refractivity (Wildman–Crippen MR) is 95.4 cm³/mol. The summed E-state index contributed by atoms with van der Waals surface area (Å²) >= 11 is 0. The number of nitrogens with zero attached hydrogens (tertiary/aromatic N) is 2. The second-order valence-electron chi connectivity index (χ2n) is 7.78. The van der Waals surface area contributed by atoms with Gasteiger partial charge in [-0.2, -0.15) is 0 Å². The number of ether oxygens (including phenoxy) is 2. The van der Waals surface area contributed by atoms with Crippen molar-refractivity contribution in [2.75, 3.05) is 13.2 Å². The lowest BCUT2D eigenvalue weighted by atomic mass is 10.1. The first kappa shape index (κ1) is 17.6. The first-order valence-electron chi connectivity index (χ1n) is 8.92. The normalized spacial score (nSPS) is 19.5. The highest BCUT2D eigenvalue weighted by molar-refractivity contribution is 5.69. The van der Waals surface area contributed by atoms with Crippen molar-refractivity contribution in [1.29, 1.82) is 0 Å². The van der Waals surface area contributed by atoms with Gasteiger partial charge in [0.05, 0.1) is 11.7 Å². The maximum absolute atomic E-state index is 12.2. The first-order chi connectivity index (χ1) is 11.8. The summed E-state index contributed by atoms with van der Waals surface area (Å²) < 4.78 is 11.4. The van der Waals surface area contributed by atoms with E-state index in [2.05, 4.69) is 16.8 Å². The van der Waals surface area contributed by atoms with Gasteiger partial charge in [-0.1, -0.05) is 11.8 Å². The number of aryl methyl sites for hydroxylation is 1. The standard InChI is InChI=1S/C20H26N2O3/c1-14-18(11-16(12-21-14)8-7-15-5-6-15)24-13-17-9-10-22(17)19(23)25-20(2,3)4/h11-12,15,17H,5-6,9-10,13H2,1-4H3/t17-/m0/s1. The molecule has 1 aromatic heterocycles. The number of rotatable bonds is 3. The Morgan fingerprint density at radius 1 is 1.36 bits per heavy atom. The van der Waals surface area contributed by atoms with Crippen molar-refractivity contribution >= 4 is 6.09 Å². The summed E-state index contributed by atoms with van der Waals surface area (Å²) in [6, 6.07) is 1.99. The summed E-state index contributed by atoms with van der Waals surface area (Å²) in [7, 11) is 0. The molecule has 0 radical (unpaired) electrons. The number of hydrogen-bond acceptors (Lipinski definition) is 4. The maximum Gasteiger partial charge on any atom is 0.410 e. The SMILES string of the molecule is Cc1ncc(C#CC2CC2)cc1OC[C@@H]1CCN1C(=O)OC(C)(C)C. The Morgan fingerprint density at radius 3 is 2.72 bits per heavy atom. The smallest absolute Gasteiger partial charge is 0.410 e. The van der Waals surface area contributed by atoms with Crippen molar-refractivity contribution in [2.45, 2.75) is 58.6 Å². The molecule has 2 fully saturated rings. The third-order valence-electron chi connectivity index (χ3n) is 4.24. The second kappa shape index (κ2) is 6.95. The summed E-state index contributed by atoms with van der Waals surface area (Å²) in [6.07, 6.45) is 4.85. The van der Waals surface area contributed by atoms with E-state index in [1.54, 1.807) is 11.1 Å². The Morgan fingerprint density at radius 2 is 2.12 bits per heavy atom. The molecule has 0 unspecified atom stereocenters. The maximum atomic E-state index is 12.2. The lowest BCUT2D eigenvalue weighted by molar-refractivity contribution is -0.0142. The van der Waals surface area contributed by atoms with E-state index in [0.29, 0.717) is 19.1 Å². The molecule has 1 aliphatic carbocycles. The van der Waals surface area contributed by atoms with E-state index in [1.807, 2.05) is 33.8 Å². The van der Waals surface area contributed by atoms with Gasteiger partial charge in [0.1, 0.15) is 18.0 Å². The third-order valence-corrected chi connectivity index (χ3v) is 4.24. The molecule has 0 spiro atoms. The zero-order valence-electron chi connectivity index (χ0n) is 15.5. The van der Waals surface area contributed by atoms with Gasteiger partial charge in [0, 0.05) is 24.2 Å². The summed E-state index contributed by atoms with van der Waals surface area (Å²) in [5, 5.41) is 0. The number of hydrogen-bond donors (Lipinski definition) is 0. The van der Waals surface area contributed by atoms with Crippen LogP contribution < -0.4 is 4.74 Å². The molecule has 0 bridgehead atoms. The van der Waals surface area contributed by atoms with E-state index < -0.39 is 5.60 Å². The zero-order valence-corrected chi connectivity index (χ0v) is 15.5. The predicted octanol–water partition coefficient (Wildman–Crippen LogP) is 3.54. The molecule has 2 aliphatic rings. The highest BCUT2D eigenvalue weighted by Crippen LogP contribution is 2.28. The number of aromatic nitrogens is 1. The molecule has 1 aromatic rings. The van der Waals surface area contributed by atoms with Gasteiger partial charge in [-0.3, -0.25) is 4.98 Å². The van der Waals surface area contributed by atoms with Crippen LogP contribution in [-0.4, -0.2) is 40.8 Å². The second-order valence-corrected chi connectivity index (χ2v) is 7.78. The number of carbonyl (C=O) groups excluding carboxylic acids is 1. The van der Waals surface area contributed by atoms with Gasteiger partial charge in [0.25, 0.3) is 0 Å². The van der Waals surface area contributed by atoms with E-state index in [9.17, 15) is 4.79 Å². The molecular formula is C20H26N2O3.